The molecule has 5 atom stereocenters. The van der Waals surface area contributed by atoms with E-state index in [-0.39, 0.29) is 18.3 Å². The van der Waals surface area contributed by atoms with Gasteiger partial charge in [-0.2, -0.15) is 0 Å². The van der Waals surface area contributed by atoms with Crippen molar-refractivity contribution in [1.29, 1.82) is 0 Å². The molecule has 2 aliphatic heterocycles. The first kappa shape index (κ1) is 16.5. The van der Waals surface area contributed by atoms with Crippen LogP contribution >= 0.6 is 12.4 Å². The molecule has 1 spiro atoms. The van der Waals surface area contributed by atoms with Crippen LogP contribution in [0.15, 0.2) is 0 Å². The van der Waals surface area contributed by atoms with Gasteiger partial charge in [0.25, 0.3) is 0 Å². The Bertz CT molecular complexity index is 423. The van der Waals surface area contributed by atoms with E-state index >= 15 is 0 Å². The van der Waals surface area contributed by atoms with Gasteiger partial charge in [0.15, 0.2) is 0 Å². The molecule has 3 N–H and O–H groups in total. The quantitative estimate of drug-likeness (QED) is 0.650. The highest BCUT2D eigenvalue weighted by Gasteiger charge is 2.59. The molecule has 2 heterocycles. The maximum absolute atomic E-state index is 12.8. The number of nitrogens with one attached hydrogen (secondary N) is 1. The van der Waals surface area contributed by atoms with E-state index in [2.05, 4.69) is 5.32 Å². The third kappa shape index (κ3) is 2.66. The van der Waals surface area contributed by atoms with Crippen LogP contribution in [0.1, 0.15) is 32.1 Å². The molecule has 126 valence electrons. The van der Waals surface area contributed by atoms with Crippen molar-refractivity contribution in [3.63, 3.8) is 0 Å². The highest BCUT2D eigenvalue weighted by atomic mass is 35.5. The van der Waals surface area contributed by atoms with Gasteiger partial charge < -0.3 is 20.4 Å². The number of hydrogen-bond acceptors (Lipinski definition) is 4. The van der Waals surface area contributed by atoms with Crippen LogP contribution in [0, 0.1) is 23.2 Å². The molecule has 1 unspecified atom stereocenters. The van der Waals surface area contributed by atoms with Crippen molar-refractivity contribution in [2.75, 3.05) is 26.2 Å². The smallest absolute Gasteiger partial charge is 0.226 e. The van der Waals surface area contributed by atoms with Crippen LogP contribution in [0.4, 0.5) is 0 Å². The minimum Gasteiger partial charge on any atom is -0.390 e. The maximum atomic E-state index is 12.8. The molecule has 0 radical (unpaired) electrons. The molecule has 0 aromatic carbocycles. The highest BCUT2D eigenvalue weighted by molar-refractivity contribution is 5.85. The van der Waals surface area contributed by atoms with Crippen LogP contribution in [-0.2, 0) is 4.79 Å². The third-order valence-corrected chi connectivity index (χ3v) is 6.51. The fourth-order valence-corrected chi connectivity index (χ4v) is 4.98. The first-order valence-corrected chi connectivity index (χ1v) is 8.45. The minimum absolute atomic E-state index is 0. The topological polar surface area (TPSA) is 72.8 Å². The summed E-state index contributed by atoms with van der Waals surface area (Å²) < 4.78 is 0. The molecule has 4 rings (SSSR count). The van der Waals surface area contributed by atoms with Crippen molar-refractivity contribution in [3.05, 3.63) is 0 Å². The van der Waals surface area contributed by atoms with Gasteiger partial charge >= 0.3 is 0 Å². The summed E-state index contributed by atoms with van der Waals surface area (Å²) in [5, 5.41) is 23.0. The van der Waals surface area contributed by atoms with Gasteiger partial charge in [-0.1, -0.05) is 0 Å². The van der Waals surface area contributed by atoms with Gasteiger partial charge in [-0.05, 0) is 62.4 Å². The first-order valence-electron chi connectivity index (χ1n) is 8.45. The fraction of sp³-hybridized carbons (Fsp3) is 0.938. The van der Waals surface area contributed by atoms with E-state index in [1.165, 1.54) is 0 Å². The zero-order valence-electron chi connectivity index (χ0n) is 12.9. The van der Waals surface area contributed by atoms with Crippen molar-refractivity contribution in [1.82, 2.24) is 10.2 Å². The normalized spacial score (nSPS) is 42.6. The third-order valence-electron chi connectivity index (χ3n) is 6.51. The highest BCUT2D eigenvalue weighted by Crippen LogP contribution is 2.59. The number of nitrogens with zero attached hydrogens (tertiary/aromatic N) is 1. The summed E-state index contributed by atoms with van der Waals surface area (Å²) >= 11 is 0. The molecule has 0 bridgehead atoms. The number of carbonyl (C=O) groups is 1. The molecule has 2 aliphatic carbocycles. The molecule has 0 aromatic heterocycles. The van der Waals surface area contributed by atoms with Gasteiger partial charge in [-0.15, -0.1) is 12.4 Å². The molecule has 0 aromatic rings. The number of halogens is 1. The summed E-state index contributed by atoms with van der Waals surface area (Å²) in [6, 6.07) is 0. The number of carbonyl (C=O) groups excluding carboxylic acids is 1. The molecule has 1 amide bonds. The summed E-state index contributed by atoms with van der Waals surface area (Å²) in [6.07, 6.45) is 3.45. The van der Waals surface area contributed by atoms with E-state index in [1.54, 1.807) is 0 Å². The maximum Gasteiger partial charge on any atom is 0.226 e. The average molecular weight is 331 g/mol. The standard InChI is InChI=1S/C16H26N2O3.ClH/c19-13-5-10-8-18(9-11(10)6-14(13)20)15(21)12-7-16(12)1-3-17-4-2-16;/h10-14,17,19-20H,1-9H2;1H/t10-,11+,12?,13+,14-;. The number of aliphatic hydroxyl groups excluding tert-OH is 2. The number of likely N-dealkylation sites (tertiary alicyclic amines) is 1. The number of hydrogen-bond donors (Lipinski definition) is 3. The van der Waals surface area contributed by atoms with Crippen molar-refractivity contribution < 1.29 is 15.0 Å². The van der Waals surface area contributed by atoms with Crippen molar-refractivity contribution >= 4 is 18.3 Å². The van der Waals surface area contributed by atoms with E-state index in [1.807, 2.05) is 4.90 Å². The second-order valence-electron chi connectivity index (χ2n) is 7.74. The van der Waals surface area contributed by atoms with Crippen LogP contribution in [0.25, 0.3) is 0 Å². The van der Waals surface area contributed by atoms with Crippen LogP contribution < -0.4 is 5.32 Å². The Morgan fingerprint density at radius 1 is 1.05 bits per heavy atom. The molecule has 6 heteroatoms. The van der Waals surface area contributed by atoms with Gasteiger partial charge in [0.05, 0.1) is 12.2 Å². The Morgan fingerprint density at radius 3 is 2.14 bits per heavy atom. The van der Waals surface area contributed by atoms with E-state index in [9.17, 15) is 15.0 Å². The molecular weight excluding hydrogens is 304 g/mol. The Hall–Kier alpha value is -0.360. The molecule has 4 fully saturated rings. The van der Waals surface area contributed by atoms with Crippen LogP contribution in [0.2, 0.25) is 0 Å². The van der Waals surface area contributed by atoms with Crippen molar-refractivity contribution in [2.45, 2.75) is 44.3 Å². The fourth-order valence-electron chi connectivity index (χ4n) is 4.98. The SMILES string of the molecule is Cl.O=C(C1CC12CCNCC2)N1C[C@H]2C[C@H](O)[C@H](O)C[C@H]2C1. The predicted octanol–water partition coefficient (Wildman–Crippen LogP) is 0.388. The van der Waals surface area contributed by atoms with E-state index in [0.717, 1.165) is 45.4 Å². The second-order valence-corrected chi connectivity index (χ2v) is 7.74. The average Bonchev–Trinajstić information content (AvgIpc) is 2.99. The summed E-state index contributed by atoms with van der Waals surface area (Å²) in [4.78, 5) is 14.8. The van der Waals surface area contributed by atoms with Crippen LogP contribution in [0.5, 0.6) is 0 Å². The predicted molar refractivity (Wildman–Crippen MR) is 84.7 cm³/mol. The Balaban J connectivity index is 0.00000144. The minimum atomic E-state index is -0.599. The van der Waals surface area contributed by atoms with Crippen molar-refractivity contribution in [2.24, 2.45) is 23.2 Å². The van der Waals surface area contributed by atoms with Gasteiger partial charge in [-0.25, -0.2) is 0 Å². The number of fused-ring (bicyclic) bond motifs is 1. The molecule has 2 saturated carbocycles. The molecule has 5 nitrogen and oxygen atoms in total. The Labute approximate surface area is 137 Å². The molecule has 2 saturated heterocycles. The Morgan fingerprint density at radius 2 is 1.59 bits per heavy atom. The zero-order valence-corrected chi connectivity index (χ0v) is 13.7. The number of aliphatic hydroxyl groups is 2. The lowest BCUT2D eigenvalue weighted by Gasteiger charge is -2.31. The zero-order chi connectivity index (χ0) is 14.6. The van der Waals surface area contributed by atoms with E-state index in [4.69, 9.17) is 0 Å². The molecule has 4 aliphatic rings. The van der Waals surface area contributed by atoms with Gasteiger partial charge in [0.1, 0.15) is 0 Å². The summed E-state index contributed by atoms with van der Waals surface area (Å²) in [5.74, 6) is 1.36. The van der Waals surface area contributed by atoms with Crippen LogP contribution in [0.3, 0.4) is 0 Å². The van der Waals surface area contributed by atoms with Gasteiger partial charge in [-0.3, -0.25) is 4.79 Å². The number of piperidine rings is 1. The first-order chi connectivity index (χ1) is 10.1. The Kier molecular flexibility index (Phi) is 4.45. The second kappa shape index (κ2) is 5.93. The van der Waals surface area contributed by atoms with Crippen LogP contribution in [-0.4, -0.2) is 59.4 Å². The monoisotopic (exact) mass is 330 g/mol. The van der Waals surface area contributed by atoms with E-state index in [0.29, 0.717) is 36.0 Å². The number of amides is 1. The summed E-state index contributed by atoms with van der Waals surface area (Å²) in [7, 11) is 0. The molecule has 22 heavy (non-hydrogen) atoms. The lowest BCUT2D eigenvalue weighted by atomic mass is 9.79. The number of rotatable bonds is 1. The van der Waals surface area contributed by atoms with E-state index < -0.39 is 12.2 Å². The lowest BCUT2D eigenvalue weighted by Crippen LogP contribution is -2.38. The van der Waals surface area contributed by atoms with Crippen molar-refractivity contribution in [3.8, 4) is 0 Å². The van der Waals surface area contributed by atoms with Gasteiger partial charge in [0.2, 0.25) is 5.91 Å². The largest absolute Gasteiger partial charge is 0.390 e. The summed E-state index contributed by atoms with van der Waals surface area (Å²) in [6.45, 7) is 3.68. The lowest BCUT2D eigenvalue weighted by molar-refractivity contribution is -0.132. The molecular formula is C16H27ClN2O3. The summed E-state index contributed by atoms with van der Waals surface area (Å²) in [5.41, 5.74) is 0.301. The van der Waals surface area contributed by atoms with Gasteiger partial charge in [0, 0.05) is 19.0 Å².